The van der Waals surface area contributed by atoms with Crippen molar-refractivity contribution in [3.8, 4) is 0 Å². The number of thiophene rings is 1. The minimum atomic E-state index is -3.38. The summed E-state index contributed by atoms with van der Waals surface area (Å²) < 4.78 is 28.8. The van der Waals surface area contributed by atoms with Gasteiger partial charge in [0, 0.05) is 19.1 Å². The molecule has 1 aromatic rings. The molecule has 0 saturated carbocycles. The second-order valence-corrected chi connectivity index (χ2v) is 9.80. The van der Waals surface area contributed by atoms with Crippen molar-refractivity contribution in [1.29, 1.82) is 0 Å². The van der Waals surface area contributed by atoms with E-state index in [1.54, 1.807) is 10.4 Å². The number of likely N-dealkylation sites (N-methyl/N-ethyl adjacent to an activating group) is 1. The van der Waals surface area contributed by atoms with Gasteiger partial charge >= 0.3 is 0 Å². The van der Waals surface area contributed by atoms with Gasteiger partial charge in [-0.25, -0.2) is 8.42 Å². The highest BCUT2D eigenvalue weighted by Crippen LogP contribution is 2.33. The average molecular weight is 381 g/mol. The molecule has 0 N–H and O–H groups in total. The Labute approximate surface area is 133 Å². The van der Waals surface area contributed by atoms with Crippen LogP contribution in [0.3, 0.4) is 0 Å². The highest BCUT2D eigenvalue weighted by molar-refractivity contribution is 9.11. The molecule has 1 fully saturated rings. The van der Waals surface area contributed by atoms with Crippen LogP contribution in [0.1, 0.15) is 25.3 Å². The lowest BCUT2D eigenvalue weighted by atomic mass is 10.2. The van der Waals surface area contributed by atoms with Gasteiger partial charge in [-0.2, -0.15) is 4.31 Å². The van der Waals surface area contributed by atoms with Crippen molar-refractivity contribution in [1.82, 2.24) is 9.21 Å². The number of aryl methyl sites for hydroxylation is 1. The molecule has 0 radical (unpaired) electrons. The van der Waals surface area contributed by atoms with Crippen LogP contribution in [-0.2, 0) is 10.0 Å². The molecule has 0 aromatic carbocycles. The quantitative estimate of drug-likeness (QED) is 0.809. The Morgan fingerprint density at radius 1 is 1.45 bits per heavy atom. The van der Waals surface area contributed by atoms with E-state index in [4.69, 9.17) is 0 Å². The third-order valence-electron chi connectivity index (χ3n) is 3.72. The summed E-state index contributed by atoms with van der Waals surface area (Å²) in [5, 5.41) is 0. The molecule has 0 amide bonds. The van der Waals surface area contributed by atoms with Gasteiger partial charge in [-0.05, 0) is 60.9 Å². The highest BCUT2D eigenvalue weighted by Gasteiger charge is 2.34. The smallest absolute Gasteiger partial charge is 0.252 e. The van der Waals surface area contributed by atoms with Crippen molar-refractivity contribution in [2.24, 2.45) is 0 Å². The molecule has 0 aliphatic carbocycles. The van der Waals surface area contributed by atoms with E-state index in [1.807, 2.05) is 6.92 Å². The Hall–Kier alpha value is 0.0500. The molecule has 1 aromatic heterocycles. The number of nitrogens with zero attached hydrogens (tertiary/aromatic N) is 2. The van der Waals surface area contributed by atoms with Gasteiger partial charge in [0.15, 0.2) is 0 Å². The molecule has 1 atom stereocenters. The largest absolute Gasteiger partial charge is 0.305 e. The molecular formula is C13H21BrN2O2S2. The first-order chi connectivity index (χ1) is 9.36. The number of hydrogen-bond acceptors (Lipinski definition) is 4. The van der Waals surface area contributed by atoms with Crippen molar-refractivity contribution in [2.45, 2.75) is 36.9 Å². The minimum absolute atomic E-state index is 0.0636. The zero-order chi connectivity index (χ0) is 14.9. The molecule has 1 aliphatic rings. The lowest BCUT2D eigenvalue weighted by Crippen LogP contribution is -2.43. The van der Waals surface area contributed by atoms with Crippen molar-refractivity contribution >= 4 is 37.3 Å². The SMILES string of the molecule is CCC1CN(C)CCCN1S(=O)(=O)c1cc(C)c(Br)s1. The molecule has 4 nitrogen and oxygen atoms in total. The van der Waals surface area contributed by atoms with Gasteiger partial charge in [0.05, 0.1) is 3.79 Å². The van der Waals surface area contributed by atoms with Gasteiger partial charge in [-0.3, -0.25) is 0 Å². The third kappa shape index (κ3) is 3.27. The van der Waals surface area contributed by atoms with Crippen LogP contribution in [0, 0.1) is 6.92 Å². The van der Waals surface area contributed by atoms with E-state index in [0.717, 1.165) is 35.3 Å². The number of halogens is 1. The minimum Gasteiger partial charge on any atom is -0.305 e. The van der Waals surface area contributed by atoms with E-state index in [1.165, 1.54) is 11.3 Å². The summed E-state index contributed by atoms with van der Waals surface area (Å²) in [7, 11) is -1.32. The second kappa shape index (κ2) is 6.44. The number of hydrogen-bond donors (Lipinski definition) is 0. The first-order valence-corrected chi connectivity index (χ1v) is 9.87. The van der Waals surface area contributed by atoms with Crippen LogP contribution < -0.4 is 0 Å². The fourth-order valence-corrected chi connectivity index (χ4v) is 6.63. The zero-order valence-electron chi connectivity index (χ0n) is 12.1. The summed E-state index contributed by atoms with van der Waals surface area (Å²) in [6.45, 7) is 6.35. The maximum Gasteiger partial charge on any atom is 0.252 e. The summed E-state index contributed by atoms with van der Waals surface area (Å²) in [6, 6.07) is 1.83. The predicted molar refractivity (Wildman–Crippen MR) is 86.8 cm³/mol. The van der Waals surface area contributed by atoms with Crippen LogP contribution in [0.5, 0.6) is 0 Å². The Morgan fingerprint density at radius 2 is 2.15 bits per heavy atom. The van der Waals surface area contributed by atoms with E-state index in [2.05, 4.69) is 34.8 Å². The van der Waals surface area contributed by atoms with Crippen molar-refractivity contribution in [3.05, 3.63) is 15.4 Å². The van der Waals surface area contributed by atoms with Gasteiger partial charge in [-0.1, -0.05) is 6.92 Å². The third-order valence-corrected chi connectivity index (χ3v) is 8.25. The van der Waals surface area contributed by atoms with Crippen LogP contribution in [-0.4, -0.2) is 50.3 Å². The molecule has 7 heteroatoms. The van der Waals surface area contributed by atoms with Crippen LogP contribution in [0.4, 0.5) is 0 Å². The summed E-state index contributed by atoms with van der Waals surface area (Å²) in [6.07, 6.45) is 1.73. The first-order valence-electron chi connectivity index (χ1n) is 6.82. The molecule has 0 spiro atoms. The molecule has 1 saturated heterocycles. The fourth-order valence-electron chi connectivity index (χ4n) is 2.54. The van der Waals surface area contributed by atoms with Crippen molar-refractivity contribution in [2.75, 3.05) is 26.7 Å². The molecule has 20 heavy (non-hydrogen) atoms. The predicted octanol–water partition coefficient (Wildman–Crippen LogP) is 2.92. The standard InChI is InChI=1S/C13H21BrN2O2S2/c1-4-11-9-15(3)6-5-7-16(11)20(17,18)12-8-10(2)13(14)19-12/h8,11H,4-7,9H2,1-3H3. The van der Waals surface area contributed by atoms with Gasteiger partial charge in [0.1, 0.15) is 4.21 Å². The maximum atomic E-state index is 12.9. The van der Waals surface area contributed by atoms with Gasteiger partial charge in [0.2, 0.25) is 0 Å². The van der Waals surface area contributed by atoms with Crippen molar-refractivity contribution < 1.29 is 8.42 Å². The monoisotopic (exact) mass is 380 g/mol. The molecule has 2 heterocycles. The summed E-state index contributed by atoms with van der Waals surface area (Å²) in [5.74, 6) is 0. The van der Waals surface area contributed by atoms with Crippen LogP contribution >= 0.6 is 27.3 Å². The van der Waals surface area contributed by atoms with Gasteiger partial charge < -0.3 is 4.90 Å². The maximum absolute atomic E-state index is 12.9. The Balaban J connectivity index is 2.35. The summed E-state index contributed by atoms with van der Waals surface area (Å²) in [4.78, 5) is 2.22. The lowest BCUT2D eigenvalue weighted by molar-refractivity contribution is 0.270. The van der Waals surface area contributed by atoms with Gasteiger partial charge in [-0.15, -0.1) is 11.3 Å². The number of sulfonamides is 1. The summed E-state index contributed by atoms with van der Waals surface area (Å²) >= 11 is 4.73. The molecule has 114 valence electrons. The normalized spacial score (nSPS) is 22.9. The highest BCUT2D eigenvalue weighted by atomic mass is 79.9. The van der Waals surface area contributed by atoms with E-state index >= 15 is 0 Å². The fraction of sp³-hybridized carbons (Fsp3) is 0.692. The molecular weight excluding hydrogens is 360 g/mol. The van der Waals surface area contributed by atoms with Gasteiger partial charge in [0.25, 0.3) is 10.0 Å². The Kier molecular flexibility index (Phi) is 5.29. The lowest BCUT2D eigenvalue weighted by Gasteiger charge is -2.28. The van der Waals surface area contributed by atoms with E-state index in [0.29, 0.717) is 10.8 Å². The zero-order valence-corrected chi connectivity index (χ0v) is 15.3. The van der Waals surface area contributed by atoms with E-state index < -0.39 is 10.0 Å². The average Bonchev–Trinajstić information content (AvgIpc) is 2.62. The van der Waals surface area contributed by atoms with Crippen LogP contribution in [0.2, 0.25) is 0 Å². The second-order valence-electron chi connectivity index (χ2n) is 5.32. The van der Waals surface area contributed by atoms with Crippen LogP contribution in [0.25, 0.3) is 0 Å². The Morgan fingerprint density at radius 3 is 2.70 bits per heavy atom. The van der Waals surface area contributed by atoms with E-state index in [9.17, 15) is 8.42 Å². The van der Waals surface area contributed by atoms with Crippen molar-refractivity contribution in [3.63, 3.8) is 0 Å². The topological polar surface area (TPSA) is 40.6 Å². The summed E-state index contributed by atoms with van der Waals surface area (Å²) in [5.41, 5.74) is 0.980. The molecule has 0 bridgehead atoms. The Bertz CT molecular complexity index is 551. The number of rotatable bonds is 3. The van der Waals surface area contributed by atoms with Crippen LogP contribution in [0.15, 0.2) is 14.1 Å². The molecule has 1 unspecified atom stereocenters. The molecule has 1 aliphatic heterocycles. The first kappa shape index (κ1) is 16.4. The van der Waals surface area contributed by atoms with E-state index in [-0.39, 0.29) is 6.04 Å². The molecule has 2 rings (SSSR count).